The first kappa shape index (κ1) is 14.1. The van der Waals surface area contributed by atoms with Crippen molar-refractivity contribution in [3.63, 3.8) is 0 Å². The summed E-state index contributed by atoms with van der Waals surface area (Å²) in [5.41, 5.74) is -0.229. The minimum atomic E-state index is -3.96. The van der Waals surface area contributed by atoms with Gasteiger partial charge in [0.05, 0.1) is 15.7 Å². The molecule has 0 amide bonds. The quantitative estimate of drug-likeness (QED) is 0.931. The van der Waals surface area contributed by atoms with E-state index in [-0.39, 0.29) is 20.6 Å². The first-order valence-electron chi connectivity index (χ1n) is 5.13. The van der Waals surface area contributed by atoms with Gasteiger partial charge in [-0.05, 0) is 24.3 Å². The minimum absolute atomic E-state index is 0.0532. The highest BCUT2D eigenvalue weighted by molar-refractivity contribution is 7.92. The zero-order chi connectivity index (χ0) is 14.0. The Bertz CT molecular complexity index is 719. The van der Waals surface area contributed by atoms with Crippen molar-refractivity contribution < 1.29 is 12.8 Å². The van der Waals surface area contributed by atoms with E-state index in [2.05, 4.69) is 4.72 Å². The van der Waals surface area contributed by atoms with Gasteiger partial charge >= 0.3 is 0 Å². The van der Waals surface area contributed by atoms with Gasteiger partial charge in [0.15, 0.2) is 5.82 Å². The van der Waals surface area contributed by atoms with Crippen LogP contribution in [-0.2, 0) is 10.0 Å². The average Bonchev–Trinajstić information content (AvgIpc) is 2.35. The van der Waals surface area contributed by atoms with Crippen LogP contribution in [0, 0.1) is 5.82 Å². The first-order chi connectivity index (χ1) is 8.92. The lowest BCUT2D eigenvalue weighted by molar-refractivity contribution is 0.598. The van der Waals surface area contributed by atoms with Crippen LogP contribution in [0.3, 0.4) is 0 Å². The van der Waals surface area contributed by atoms with Crippen molar-refractivity contribution in [2.24, 2.45) is 0 Å². The van der Waals surface area contributed by atoms with Crippen molar-refractivity contribution in [3.05, 3.63) is 58.3 Å². The van der Waals surface area contributed by atoms with Crippen LogP contribution in [0.2, 0.25) is 10.0 Å². The van der Waals surface area contributed by atoms with E-state index in [1.165, 1.54) is 36.4 Å². The third-order valence-electron chi connectivity index (χ3n) is 2.32. The van der Waals surface area contributed by atoms with E-state index in [0.29, 0.717) is 0 Å². The Morgan fingerprint density at radius 2 is 1.58 bits per heavy atom. The zero-order valence-electron chi connectivity index (χ0n) is 9.40. The lowest BCUT2D eigenvalue weighted by Crippen LogP contribution is -2.14. The van der Waals surface area contributed by atoms with Gasteiger partial charge in [-0.25, -0.2) is 12.8 Å². The highest BCUT2D eigenvalue weighted by Gasteiger charge is 2.19. The second kappa shape index (κ2) is 5.36. The van der Waals surface area contributed by atoms with E-state index in [4.69, 9.17) is 23.2 Å². The number of nitrogens with one attached hydrogen (secondary N) is 1. The fraction of sp³-hybridized carbons (Fsp3) is 0. The summed E-state index contributed by atoms with van der Waals surface area (Å²) in [6.07, 6.45) is 0. The highest BCUT2D eigenvalue weighted by atomic mass is 35.5. The van der Waals surface area contributed by atoms with Crippen LogP contribution in [0.25, 0.3) is 0 Å². The van der Waals surface area contributed by atoms with Crippen molar-refractivity contribution in [1.82, 2.24) is 0 Å². The summed E-state index contributed by atoms with van der Waals surface area (Å²) in [6, 6.07) is 9.92. The number of halogens is 3. The van der Waals surface area contributed by atoms with E-state index >= 15 is 0 Å². The van der Waals surface area contributed by atoms with Gasteiger partial charge in [0.2, 0.25) is 0 Å². The molecular formula is C12H8Cl2FNO2S. The maximum absolute atomic E-state index is 13.7. The molecule has 0 bridgehead atoms. The molecule has 7 heteroatoms. The van der Waals surface area contributed by atoms with Gasteiger partial charge in [-0.3, -0.25) is 4.72 Å². The molecule has 100 valence electrons. The fourth-order valence-corrected chi connectivity index (χ4v) is 3.20. The second-order valence-electron chi connectivity index (χ2n) is 3.64. The Morgan fingerprint density at radius 3 is 2.26 bits per heavy atom. The van der Waals surface area contributed by atoms with Gasteiger partial charge in [-0.1, -0.05) is 41.4 Å². The second-order valence-corrected chi connectivity index (χ2v) is 6.10. The molecule has 0 aromatic heterocycles. The Morgan fingerprint density at radius 1 is 0.947 bits per heavy atom. The molecule has 0 aliphatic heterocycles. The molecule has 2 aromatic carbocycles. The number of rotatable bonds is 3. The van der Waals surface area contributed by atoms with E-state index in [1.54, 1.807) is 6.07 Å². The molecule has 0 heterocycles. The Labute approximate surface area is 120 Å². The van der Waals surface area contributed by atoms with Crippen LogP contribution in [0.15, 0.2) is 47.4 Å². The van der Waals surface area contributed by atoms with Gasteiger partial charge in [0.1, 0.15) is 4.90 Å². The van der Waals surface area contributed by atoms with Gasteiger partial charge < -0.3 is 0 Å². The smallest absolute Gasteiger partial charge is 0.263 e. The summed E-state index contributed by atoms with van der Waals surface area (Å²) >= 11 is 11.4. The maximum Gasteiger partial charge on any atom is 0.263 e. The normalized spacial score (nSPS) is 11.3. The molecule has 0 spiro atoms. The molecule has 0 unspecified atom stereocenters. The van der Waals surface area contributed by atoms with Gasteiger partial charge in [-0.2, -0.15) is 0 Å². The molecule has 1 N–H and O–H groups in total. The number of benzene rings is 2. The predicted molar refractivity (Wildman–Crippen MR) is 73.7 cm³/mol. The largest absolute Gasteiger partial charge is 0.277 e. The number of hydrogen-bond donors (Lipinski definition) is 1. The van der Waals surface area contributed by atoms with Crippen molar-refractivity contribution in [3.8, 4) is 0 Å². The average molecular weight is 320 g/mol. The highest BCUT2D eigenvalue weighted by Crippen LogP contribution is 2.27. The third kappa shape index (κ3) is 3.00. The molecule has 19 heavy (non-hydrogen) atoms. The van der Waals surface area contributed by atoms with Crippen LogP contribution < -0.4 is 4.72 Å². The standard InChI is InChI=1S/C12H8Cl2FNO2S/c13-8-4-1-2-7-11(8)19(17,18)16-10-6-3-5-9(14)12(10)15/h1-7,16H. The van der Waals surface area contributed by atoms with E-state index in [9.17, 15) is 12.8 Å². The van der Waals surface area contributed by atoms with Crippen LogP contribution in [0.4, 0.5) is 10.1 Å². The molecule has 0 aliphatic carbocycles. The SMILES string of the molecule is O=S(=O)(Nc1cccc(Cl)c1F)c1ccccc1Cl. The maximum atomic E-state index is 13.7. The predicted octanol–water partition coefficient (Wildman–Crippen LogP) is 3.93. The summed E-state index contributed by atoms with van der Waals surface area (Å²) in [7, 11) is -3.96. The van der Waals surface area contributed by atoms with Gasteiger partial charge in [-0.15, -0.1) is 0 Å². The van der Waals surface area contributed by atoms with Crippen LogP contribution in [-0.4, -0.2) is 8.42 Å². The number of anilines is 1. The topological polar surface area (TPSA) is 46.2 Å². The van der Waals surface area contributed by atoms with Crippen LogP contribution in [0.5, 0.6) is 0 Å². The van der Waals surface area contributed by atoms with E-state index < -0.39 is 15.8 Å². The van der Waals surface area contributed by atoms with Crippen molar-refractivity contribution >= 4 is 38.9 Å². The summed E-state index contributed by atoms with van der Waals surface area (Å²) in [5.74, 6) is -0.834. The monoisotopic (exact) mass is 319 g/mol. The Hall–Kier alpha value is -1.30. The molecule has 0 aliphatic rings. The van der Waals surface area contributed by atoms with E-state index in [1.807, 2.05) is 0 Å². The minimum Gasteiger partial charge on any atom is -0.277 e. The fourth-order valence-electron chi connectivity index (χ4n) is 1.45. The molecule has 3 nitrogen and oxygen atoms in total. The molecule has 2 aromatic rings. The van der Waals surface area contributed by atoms with E-state index in [0.717, 1.165) is 0 Å². The first-order valence-corrected chi connectivity index (χ1v) is 7.37. The van der Waals surface area contributed by atoms with Crippen LogP contribution in [0.1, 0.15) is 0 Å². The molecule has 0 saturated carbocycles. The van der Waals surface area contributed by atoms with Gasteiger partial charge in [0, 0.05) is 0 Å². The summed E-state index contributed by atoms with van der Waals surface area (Å²) in [5, 5.41) is -0.114. The van der Waals surface area contributed by atoms with Gasteiger partial charge in [0.25, 0.3) is 10.0 Å². The zero-order valence-corrected chi connectivity index (χ0v) is 11.7. The van der Waals surface area contributed by atoms with Crippen molar-refractivity contribution in [2.45, 2.75) is 4.90 Å². The summed E-state index contributed by atoms with van der Waals surface area (Å²) in [6.45, 7) is 0. The Balaban J connectivity index is 2.43. The molecule has 0 fully saturated rings. The van der Waals surface area contributed by atoms with Crippen LogP contribution >= 0.6 is 23.2 Å². The molecule has 0 saturated heterocycles. The number of sulfonamides is 1. The molecule has 0 radical (unpaired) electrons. The third-order valence-corrected chi connectivity index (χ3v) is 4.48. The summed E-state index contributed by atoms with van der Waals surface area (Å²) in [4.78, 5) is -0.129. The Kier molecular flexibility index (Phi) is 3.99. The molecule has 0 atom stereocenters. The molecule has 2 rings (SSSR count). The summed E-state index contributed by atoms with van der Waals surface area (Å²) < 4.78 is 39.9. The number of hydrogen-bond acceptors (Lipinski definition) is 2. The van der Waals surface area contributed by atoms with Crippen molar-refractivity contribution in [2.75, 3.05) is 4.72 Å². The lowest BCUT2D eigenvalue weighted by Gasteiger charge is -2.10. The molecular weight excluding hydrogens is 312 g/mol. The lowest BCUT2D eigenvalue weighted by atomic mass is 10.3. The van der Waals surface area contributed by atoms with Crippen molar-refractivity contribution in [1.29, 1.82) is 0 Å².